The van der Waals surface area contributed by atoms with Crippen LogP contribution in [-0.2, 0) is 16.6 Å². The standard InChI is InChI=1S/C17H18ClN7O3S/c1-9(10-2-3-10)25-15-13(8-22-17(18)24-15)23-14(16(25)26)21-6-11-4-5-12(7-20-11)29(19,27)28/h4-5,7-10H,2-3,6H2,1H3,(H,21,23)(H2,19,27,28)/t9-/m0/s1. The number of nitrogens with zero attached hydrogens (tertiary/aromatic N) is 5. The summed E-state index contributed by atoms with van der Waals surface area (Å²) in [6.45, 7) is 2.15. The third-order valence-electron chi connectivity index (χ3n) is 4.88. The van der Waals surface area contributed by atoms with Crippen LogP contribution in [0, 0.1) is 5.92 Å². The number of halogens is 1. The summed E-state index contributed by atoms with van der Waals surface area (Å²) in [5, 5.41) is 8.09. The highest BCUT2D eigenvalue weighted by Crippen LogP contribution is 2.39. The second-order valence-electron chi connectivity index (χ2n) is 6.95. The molecule has 0 radical (unpaired) electrons. The van der Waals surface area contributed by atoms with E-state index in [1.807, 2.05) is 6.92 Å². The van der Waals surface area contributed by atoms with Gasteiger partial charge in [-0.1, -0.05) is 0 Å². The molecule has 1 aliphatic rings. The molecule has 12 heteroatoms. The molecular formula is C17H18ClN7O3S. The van der Waals surface area contributed by atoms with Crippen molar-refractivity contribution in [3.63, 3.8) is 0 Å². The zero-order valence-corrected chi connectivity index (χ0v) is 17.0. The molecule has 3 aromatic rings. The van der Waals surface area contributed by atoms with E-state index in [9.17, 15) is 13.2 Å². The molecule has 1 atom stereocenters. The van der Waals surface area contributed by atoms with E-state index in [1.54, 1.807) is 4.57 Å². The lowest BCUT2D eigenvalue weighted by Gasteiger charge is -2.18. The smallest absolute Gasteiger partial charge is 0.295 e. The van der Waals surface area contributed by atoms with Crippen molar-refractivity contribution in [3.8, 4) is 0 Å². The molecule has 1 saturated carbocycles. The van der Waals surface area contributed by atoms with Crippen LogP contribution in [0.3, 0.4) is 0 Å². The topological polar surface area (TPSA) is 146 Å². The normalized spacial score (nSPS) is 15.4. The minimum absolute atomic E-state index is 0.0494. The molecule has 1 fully saturated rings. The molecule has 3 heterocycles. The van der Waals surface area contributed by atoms with Crippen molar-refractivity contribution in [2.75, 3.05) is 5.32 Å². The van der Waals surface area contributed by atoms with Crippen molar-refractivity contribution in [2.24, 2.45) is 11.1 Å². The molecule has 0 amide bonds. The van der Waals surface area contributed by atoms with Crippen LogP contribution in [0.4, 0.5) is 5.82 Å². The van der Waals surface area contributed by atoms with E-state index in [2.05, 4.69) is 25.3 Å². The minimum Gasteiger partial charge on any atom is -0.360 e. The number of sulfonamides is 1. The summed E-state index contributed by atoms with van der Waals surface area (Å²) >= 11 is 5.93. The SMILES string of the molecule is C[C@@H](C1CC1)n1c(=O)c(NCc2ccc(S(N)(=O)=O)cn2)nc2cnc(Cl)nc21. The van der Waals surface area contributed by atoms with Crippen LogP contribution in [0.25, 0.3) is 11.2 Å². The zero-order valence-electron chi connectivity index (χ0n) is 15.4. The van der Waals surface area contributed by atoms with E-state index in [0.717, 1.165) is 12.8 Å². The summed E-state index contributed by atoms with van der Waals surface area (Å²) in [5.41, 5.74) is 1.05. The third-order valence-corrected chi connectivity index (χ3v) is 5.96. The van der Waals surface area contributed by atoms with Crippen molar-refractivity contribution < 1.29 is 8.42 Å². The highest BCUT2D eigenvalue weighted by molar-refractivity contribution is 7.89. The number of rotatable bonds is 6. The summed E-state index contributed by atoms with van der Waals surface area (Å²) in [7, 11) is -3.81. The van der Waals surface area contributed by atoms with E-state index in [-0.39, 0.29) is 34.1 Å². The fraction of sp³-hybridized carbons (Fsp3) is 0.353. The van der Waals surface area contributed by atoms with Crippen LogP contribution in [0.15, 0.2) is 34.2 Å². The van der Waals surface area contributed by atoms with Gasteiger partial charge in [-0.25, -0.2) is 23.5 Å². The number of pyridine rings is 1. The van der Waals surface area contributed by atoms with Crippen LogP contribution in [0.1, 0.15) is 31.5 Å². The van der Waals surface area contributed by atoms with Gasteiger partial charge in [-0.3, -0.25) is 14.3 Å². The van der Waals surface area contributed by atoms with E-state index < -0.39 is 10.0 Å². The first-order valence-corrected chi connectivity index (χ1v) is 10.8. The van der Waals surface area contributed by atoms with Gasteiger partial charge in [0, 0.05) is 12.2 Å². The van der Waals surface area contributed by atoms with Gasteiger partial charge in [0.25, 0.3) is 5.56 Å². The first-order valence-electron chi connectivity index (χ1n) is 8.90. The number of anilines is 1. The highest BCUT2D eigenvalue weighted by atomic mass is 35.5. The van der Waals surface area contributed by atoms with Gasteiger partial charge < -0.3 is 5.32 Å². The molecule has 3 N–H and O–H groups in total. The Labute approximate surface area is 171 Å². The lowest BCUT2D eigenvalue weighted by Crippen LogP contribution is -2.29. The summed E-state index contributed by atoms with van der Waals surface area (Å²) in [6.07, 6.45) is 4.76. The average Bonchev–Trinajstić information content (AvgIpc) is 3.51. The molecule has 0 aliphatic heterocycles. The largest absolute Gasteiger partial charge is 0.360 e. The molecule has 0 spiro atoms. The average molecular weight is 436 g/mol. The molecular weight excluding hydrogens is 418 g/mol. The minimum atomic E-state index is -3.81. The van der Waals surface area contributed by atoms with Gasteiger partial charge >= 0.3 is 0 Å². The zero-order chi connectivity index (χ0) is 20.8. The predicted molar refractivity (Wildman–Crippen MR) is 107 cm³/mol. The second kappa shape index (κ2) is 7.32. The van der Waals surface area contributed by atoms with E-state index in [1.165, 1.54) is 24.5 Å². The Hall–Kier alpha value is -2.63. The van der Waals surface area contributed by atoms with Crippen LogP contribution < -0.4 is 16.0 Å². The fourth-order valence-electron chi connectivity index (χ4n) is 3.12. The Morgan fingerprint density at radius 3 is 2.66 bits per heavy atom. The first kappa shape index (κ1) is 19.7. The van der Waals surface area contributed by atoms with E-state index >= 15 is 0 Å². The first-order chi connectivity index (χ1) is 13.7. The molecule has 1 aliphatic carbocycles. The van der Waals surface area contributed by atoms with Gasteiger partial charge in [0.05, 0.1) is 18.4 Å². The molecule has 0 unspecified atom stereocenters. The quantitative estimate of drug-likeness (QED) is 0.553. The van der Waals surface area contributed by atoms with Crippen molar-refractivity contribution in [1.82, 2.24) is 24.5 Å². The van der Waals surface area contributed by atoms with Gasteiger partial charge in [0.15, 0.2) is 11.5 Å². The lowest BCUT2D eigenvalue weighted by atomic mass is 10.2. The van der Waals surface area contributed by atoms with Crippen LogP contribution in [0.5, 0.6) is 0 Å². The second-order valence-corrected chi connectivity index (χ2v) is 8.84. The Morgan fingerprint density at radius 2 is 2.03 bits per heavy atom. The number of hydrogen-bond donors (Lipinski definition) is 2. The number of nitrogens with two attached hydrogens (primary N) is 1. The Bertz CT molecular complexity index is 1240. The maximum absolute atomic E-state index is 13.1. The monoisotopic (exact) mass is 435 g/mol. The van der Waals surface area contributed by atoms with E-state index in [4.69, 9.17) is 16.7 Å². The maximum atomic E-state index is 13.1. The number of primary sulfonamides is 1. The molecule has 0 saturated heterocycles. The van der Waals surface area contributed by atoms with Crippen LogP contribution >= 0.6 is 11.6 Å². The third kappa shape index (κ3) is 4.07. The van der Waals surface area contributed by atoms with Crippen molar-refractivity contribution in [2.45, 2.75) is 37.2 Å². The molecule has 0 aromatic carbocycles. The van der Waals surface area contributed by atoms with Crippen molar-refractivity contribution in [3.05, 3.63) is 45.9 Å². The number of hydrogen-bond acceptors (Lipinski definition) is 8. The van der Waals surface area contributed by atoms with Crippen molar-refractivity contribution in [1.29, 1.82) is 0 Å². The molecule has 29 heavy (non-hydrogen) atoms. The Morgan fingerprint density at radius 1 is 1.28 bits per heavy atom. The van der Waals surface area contributed by atoms with Gasteiger partial charge in [0.1, 0.15) is 10.4 Å². The van der Waals surface area contributed by atoms with Gasteiger partial charge in [-0.15, -0.1) is 0 Å². The summed E-state index contributed by atoms with van der Waals surface area (Å²) in [6, 6.07) is 2.82. The Kier molecular flexibility index (Phi) is 4.97. The number of aromatic nitrogens is 5. The van der Waals surface area contributed by atoms with Gasteiger partial charge in [-0.05, 0) is 49.4 Å². The number of nitrogens with one attached hydrogen (secondary N) is 1. The van der Waals surface area contributed by atoms with E-state index in [0.29, 0.717) is 22.8 Å². The molecule has 3 aromatic heterocycles. The van der Waals surface area contributed by atoms with Crippen molar-refractivity contribution >= 4 is 38.6 Å². The molecule has 4 rings (SSSR count). The molecule has 0 bridgehead atoms. The summed E-state index contributed by atoms with van der Waals surface area (Å²) < 4.78 is 24.3. The highest BCUT2D eigenvalue weighted by Gasteiger charge is 2.31. The molecule has 10 nitrogen and oxygen atoms in total. The van der Waals surface area contributed by atoms with Gasteiger partial charge in [0.2, 0.25) is 15.3 Å². The fourth-order valence-corrected chi connectivity index (χ4v) is 3.71. The van der Waals surface area contributed by atoms with Crippen LogP contribution in [0.2, 0.25) is 5.28 Å². The maximum Gasteiger partial charge on any atom is 0.295 e. The molecule has 152 valence electrons. The van der Waals surface area contributed by atoms with Crippen LogP contribution in [-0.4, -0.2) is 32.9 Å². The lowest BCUT2D eigenvalue weighted by molar-refractivity contribution is 0.482. The predicted octanol–water partition coefficient (Wildman–Crippen LogP) is 1.47. The number of fused-ring (bicyclic) bond motifs is 1. The Balaban J connectivity index is 1.68. The van der Waals surface area contributed by atoms with Gasteiger partial charge in [-0.2, -0.15) is 4.98 Å². The summed E-state index contributed by atoms with van der Waals surface area (Å²) in [5.74, 6) is 0.542. The summed E-state index contributed by atoms with van der Waals surface area (Å²) in [4.78, 5) is 29.6.